The van der Waals surface area contributed by atoms with Gasteiger partial charge >= 0.3 is 0 Å². The molecule has 0 radical (unpaired) electrons. The number of rotatable bonds is 5. The van der Waals surface area contributed by atoms with Gasteiger partial charge in [0.2, 0.25) is 10.0 Å². The van der Waals surface area contributed by atoms with E-state index >= 15 is 0 Å². The highest BCUT2D eigenvalue weighted by molar-refractivity contribution is 8.00. The highest BCUT2D eigenvalue weighted by Gasteiger charge is 2.31. The number of benzene rings is 2. The number of thioether (sulfide) groups is 1. The Morgan fingerprint density at radius 2 is 1.71 bits per heavy atom. The third-order valence-electron chi connectivity index (χ3n) is 4.44. The minimum Gasteiger partial charge on any atom is -0.336 e. The van der Waals surface area contributed by atoms with Gasteiger partial charge in [0.25, 0.3) is 5.91 Å². The Morgan fingerprint density at radius 3 is 2.36 bits per heavy atom. The van der Waals surface area contributed by atoms with Gasteiger partial charge in [-0.2, -0.15) is 4.31 Å². The molecule has 0 N–H and O–H groups in total. The first-order chi connectivity index (χ1) is 13.3. The molecule has 28 heavy (non-hydrogen) atoms. The van der Waals surface area contributed by atoms with Gasteiger partial charge in [-0.3, -0.25) is 4.79 Å². The summed E-state index contributed by atoms with van der Waals surface area (Å²) in [6, 6.07) is 12.5. The average molecular weight is 423 g/mol. The van der Waals surface area contributed by atoms with Crippen molar-refractivity contribution in [2.45, 2.75) is 28.9 Å². The molecule has 0 saturated carbocycles. The molecule has 1 aliphatic heterocycles. The summed E-state index contributed by atoms with van der Waals surface area (Å²) in [6.45, 7) is 5.11. The molecule has 0 atom stereocenters. The maximum Gasteiger partial charge on any atom is 0.255 e. The van der Waals surface area contributed by atoms with Crippen molar-refractivity contribution in [1.82, 2.24) is 9.21 Å². The summed E-state index contributed by atoms with van der Waals surface area (Å²) in [4.78, 5) is 15.5. The van der Waals surface area contributed by atoms with E-state index in [-0.39, 0.29) is 23.9 Å². The maximum absolute atomic E-state index is 13.4. The van der Waals surface area contributed by atoms with Gasteiger partial charge in [0.1, 0.15) is 5.82 Å². The molecule has 1 aliphatic rings. The topological polar surface area (TPSA) is 57.7 Å². The molecule has 1 heterocycles. The molecule has 0 aromatic heterocycles. The van der Waals surface area contributed by atoms with E-state index in [4.69, 9.17) is 0 Å². The molecule has 2 aromatic rings. The van der Waals surface area contributed by atoms with Crippen LogP contribution in [-0.2, 0) is 10.0 Å². The molecule has 0 spiro atoms. The van der Waals surface area contributed by atoms with E-state index in [1.54, 1.807) is 16.7 Å². The first kappa shape index (κ1) is 20.8. The van der Waals surface area contributed by atoms with Crippen molar-refractivity contribution in [3.05, 3.63) is 59.9 Å². The van der Waals surface area contributed by atoms with E-state index in [9.17, 15) is 17.6 Å². The first-order valence-corrected chi connectivity index (χ1v) is 11.4. The average Bonchev–Trinajstić information content (AvgIpc) is 2.67. The van der Waals surface area contributed by atoms with E-state index in [0.717, 1.165) is 11.0 Å². The molecule has 3 rings (SSSR count). The van der Waals surface area contributed by atoms with Gasteiger partial charge in [0, 0.05) is 36.3 Å². The van der Waals surface area contributed by atoms with Crippen LogP contribution in [0, 0.1) is 5.82 Å². The molecular weight excluding hydrogens is 399 g/mol. The SMILES string of the molecule is CC(C)Sc1ccccc1C(=O)N1CCN(S(=O)(=O)c2cccc(F)c2)CC1. The quantitative estimate of drug-likeness (QED) is 0.693. The fourth-order valence-corrected chi connectivity index (χ4v) is 5.48. The van der Waals surface area contributed by atoms with Crippen LogP contribution in [0.5, 0.6) is 0 Å². The third kappa shape index (κ3) is 4.56. The summed E-state index contributed by atoms with van der Waals surface area (Å²) in [5.74, 6) is -0.680. The number of piperazine rings is 1. The zero-order chi connectivity index (χ0) is 20.3. The van der Waals surface area contributed by atoms with Crippen LogP contribution < -0.4 is 0 Å². The summed E-state index contributed by atoms with van der Waals surface area (Å²) < 4.78 is 40.1. The smallest absolute Gasteiger partial charge is 0.255 e. The molecule has 0 aliphatic carbocycles. The second kappa shape index (κ2) is 8.63. The monoisotopic (exact) mass is 422 g/mol. The zero-order valence-corrected chi connectivity index (χ0v) is 17.5. The molecule has 5 nitrogen and oxygen atoms in total. The summed E-state index contributed by atoms with van der Waals surface area (Å²) in [7, 11) is -3.77. The van der Waals surface area contributed by atoms with Gasteiger partial charge in [-0.25, -0.2) is 12.8 Å². The Bertz CT molecular complexity index is 955. The zero-order valence-electron chi connectivity index (χ0n) is 15.8. The predicted molar refractivity (Wildman–Crippen MR) is 108 cm³/mol. The fourth-order valence-electron chi connectivity index (χ4n) is 3.08. The second-order valence-electron chi connectivity index (χ2n) is 6.82. The van der Waals surface area contributed by atoms with Gasteiger partial charge in [-0.1, -0.05) is 32.0 Å². The lowest BCUT2D eigenvalue weighted by molar-refractivity contribution is 0.0694. The Kier molecular flexibility index (Phi) is 6.42. The van der Waals surface area contributed by atoms with Crippen molar-refractivity contribution in [2.24, 2.45) is 0 Å². The van der Waals surface area contributed by atoms with E-state index < -0.39 is 15.8 Å². The number of nitrogens with zero attached hydrogens (tertiary/aromatic N) is 2. The third-order valence-corrected chi connectivity index (χ3v) is 7.42. The minimum absolute atomic E-state index is 0.0639. The van der Waals surface area contributed by atoms with Gasteiger partial charge in [-0.05, 0) is 30.3 Å². The largest absolute Gasteiger partial charge is 0.336 e. The Morgan fingerprint density at radius 1 is 1.04 bits per heavy atom. The van der Waals surface area contributed by atoms with Gasteiger partial charge in [0.05, 0.1) is 10.5 Å². The highest BCUT2D eigenvalue weighted by atomic mass is 32.2. The molecule has 8 heteroatoms. The van der Waals surface area contributed by atoms with Crippen LogP contribution in [0.2, 0.25) is 0 Å². The lowest BCUT2D eigenvalue weighted by Crippen LogP contribution is -2.50. The van der Waals surface area contributed by atoms with Crippen molar-refractivity contribution < 1.29 is 17.6 Å². The molecular formula is C20H23FN2O3S2. The predicted octanol–water partition coefficient (Wildman–Crippen LogP) is 3.47. The number of sulfonamides is 1. The van der Waals surface area contributed by atoms with Crippen LogP contribution >= 0.6 is 11.8 Å². The minimum atomic E-state index is -3.77. The van der Waals surface area contributed by atoms with Crippen LogP contribution in [0.1, 0.15) is 24.2 Å². The Hall–Kier alpha value is -1.90. The molecule has 2 aromatic carbocycles. The summed E-state index contributed by atoms with van der Waals surface area (Å²) in [6.07, 6.45) is 0. The van der Waals surface area contributed by atoms with Crippen LogP contribution in [0.25, 0.3) is 0 Å². The van der Waals surface area contributed by atoms with E-state index in [1.165, 1.54) is 22.5 Å². The number of amides is 1. The number of carbonyl (C=O) groups excluding carboxylic acids is 1. The van der Waals surface area contributed by atoms with Crippen LogP contribution in [0.15, 0.2) is 58.3 Å². The summed E-state index contributed by atoms with van der Waals surface area (Å²) >= 11 is 1.63. The van der Waals surface area contributed by atoms with Gasteiger partial charge in [-0.15, -0.1) is 11.8 Å². The molecule has 0 bridgehead atoms. The van der Waals surface area contributed by atoms with Crippen molar-refractivity contribution >= 4 is 27.7 Å². The molecule has 1 fully saturated rings. The summed E-state index contributed by atoms with van der Waals surface area (Å²) in [5, 5.41) is 0.349. The van der Waals surface area contributed by atoms with Gasteiger partial charge in [0.15, 0.2) is 0 Å². The van der Waals surface area contributed by atoms with Crippen molar-refractivity contribution in [1.29, 1.82) is 0 Å². The number of halogens is 1. The van der Waals surface area contributed by atoms with E-state index in [2.05, 4.69) is 13.8 Å². The van der Waals surface area contributed by atoms with Crippen LogP contribution in [-0.4, -0.2) is 55.0 Å². The van der Waals surface area contributed by atoms with Crippen LogP contribution in [0.3, 0.4) is 0 Å². The van der Waals surface area contributed by atoms with Gasteiger partial charge < -0.3 is 4.90 Å². The summed E-state index contributed by atoms with van der Waals surface area (Å²) in [5.41, 5.74) is 0.641. The molecule has 1 amide bonds. The number of hydrogen-bond donors (Lipinski definition) is 0. The lowest BCUT2D eigenvalue weighted by atomic mass is 10.2. The standard InChI is InChI=1S/C20H23FN2O3S2/c1-15(2)27-19-9-4-3-8-18(19)20(24)22-10-12-23(13-11-22)28(25,26)17-7-5-6-16(21)14-17/h3-9,14-15H,10-13H2,1-2H3. The molecule has 1 saturated heterocycles. The second-order valence-corrected chi connectivity index (χ2v) is 10.4. The fraction of sp³-hybridized carbons (Fsp3) is 0.350. The first-order valence-electron chi connectivity index (χ1n) is 9.09. The Labute approximate surface area is 169 Å². The number of carbonyl (C=O) groups is 1. The maximum atomic E-state index is 13.4. The lowest BCUT2D eigenvalue weighted by Gasteiger charge is -2.34. The molecule has 0 unspecified atom stereocenters. The normalized spacial score (nSPS) is 15.8. The van der Waals surface area contributed by atoms with Crippen LogP contribution in [0.4, 0.5) is 4.39 Å². The number of hydrogen-bond acceptors (Lipinski definition) is 4. The van der Waals surface area contributed by atoms with Crippen molar-refractivity contribution in [3.8, 4) is 0 Å². The molecule has 150 valence electrons. The highest BCUT2D eigenvalue weighted by Crippen LogP contribution is 2.28. The van der Waals surface area contributed by atoms with E-state index in [1.807, 2.05) is 24.3 Å². The van der Waals surface area contributed by atoms with Crippen molar-refractivity contribution in [3.63, 3.8) is 0 Å². The Balaban J connectivity index is 1.71. The van der Waals surface area contributed by atoms with E-state index in [0.29, 0.717) is 23.9 Å². The van der Waals surface area contributed by atoms with Crippen molar-refractivity contribution in [2.75, 3.05) is 26.2 Å².